The first-order valence-corrected chi connectivity index (χ1v) is 8.45. The first-order chi connectivity index (χ1) is 10.8. The molecule has 1 atom stereocenters. The highest BCUT2D eigenvalue weighted by Crippen LogP contribution is 2.11. The summed E-state index contributed by atoms with van der Waals surface area (Å²) in [5.41, 5.74) is 0.189. The van der Waals surface area contributed by atoms with E-state index < -0.39 is 21.9 Å². The van der Waals surface area contributed by atoms with Crippen LogP contribution >= 0.6 is 0 Å². The van der Waals surface area contributed by atoms with Gasteiger partial charge in [0.05, 0.1) is 4.90 Å². The number of nitrogens with one attached hydrogen (secondary N) is 2. The zero-order valence-electron chi connectivity index (χ0n) is 12.8. The Kier molecular flexibility index (Phi) is 6.92. The van der Waals surface area contributed by atoms with E-state index in [1.807, 2.05) is 0 Å². The first-order valence-electron chi connectivity index (χ1n) is 6.97. The van der Waals surface area contributed by atoms with Crippen LogP contribution in [-0.4, -0.2) is 38.5 Å². The minimum Gasteiger partial charge on any atom is -0.481 e. The van der Waals surface area contributed by atoms with Gasteiger partial charge in [-0.1, -0.05) is 19.1 Å². The van der Waals surface area contributed by atoms with Gasteiger partial charge in [-0.25, -0.2) is 13.1 Å². The van der Waals surface area contributed by atoms with E-state index in [0.29, 0.717) is 0 Å². The van der Waals surface area contributed by atoms with Gasteiger partial charge in [-0.15, -0.1) is 6.58 Å². The molecule has 0 heterocycles. The summed E-state index contributed by atoms with van der Waals surface area (Å²) in [6.45, 7) is 5.41. The number of carboxylic acids is 1. The summed E-state index contributed by atoms with van der Waals surface area (Å²) in [5, 5.41) is 11.3. The molecular weight excluding hydrogens is 320 g/mol. The number of hydrogen-bond acceptors (Lipinski definition) is 4. The number of benzene rings is 1. The average Bonchev–Trinajstić information content (AvgIpc) is 2.50. The second-order valence-corrected chi connectivity index (χ2v) is 6.85. The lowest BCUT2D eigenvalue weighted by Crippen LogP contribution is -2.29. The number of aliphatic carboxylic acids is 1. The molecule has 0 aromatic heterocycles. The lowest BCUT2D eigenvalue weighted by molar-refractivity contribution is -0.137. The Morgan fingerprint density at radius 2 is 2.09 bits per heavy atom. The highest BCUT2D eigenvalue weighted by Gasteiger charge is 2.16. The van der Waals surface area contributed by atoms with E-state index in [1.165, 1.54) is 30.3 Å². The van der Waals surface area contributed by atoms with E-state index in [9.17, 15) is 18.0 Å². The van der Waals surface area contributed by atoms with E-state index in [-0.39, 0.29) is 35.9 Å². The second kappa shape index (κ2) is 8.44. The van der Waals surface area contributed by atoms with Crippen LogP contribution in [0.3, 0.4) is 0 Å². The van der Waals surface area contributed by atoms with Gasteiger partial charge >= 0.3 is 5.97 Å². The molecule has 1 unspecified atom stereocenters. The summed E-state index contributed by atoms with van der Waals surface area (Å²) in [6.07, 6.45) is 1.36. The minimum atomic E-state index is -3.70. The van der Waals surface area contributed by atoms with E-state index in [4.69, 9.17) is 5.11 Å². The molecule has 0 bridgehead atoms. The predicted molar refractivity (Wildman–Crippen MR) is 85.6 cm³/mol. The lowest BCUT2D eigenvalue weighted by Gasteiger charge is -2.11. The largest absolute Gasteiger partial charge is 0.481 e. The molecule has 1 rings (SSSR count). The monoisotopic (exact) mass is 340 g/mol. The van der Waals surface area contributed by atoms with Crippen LogP contribution in [0, 0.1) is 5.92 Å². The van der Waals surface area contributed by atoms with Crippen molar-refractivity contribution in [2.45, 2.75) is 18.2 Å². The Morgan fingerprint density at radius 1 is 1.39 bits per heavy atom. The fourth-order valence-electron chi connectivity index (χ4n) is 1.80. The first kappa shape index (κ1) is 18.9. The molecule has 8 heteroatoms. The third kappa shape index (κ3) is 6.21. The minimum absolute atomic E-state index is 0.0226. The van der Waals surface area contributed by atoms with Crippen molar-refractivity contribution >= 4 is 21.9 Å². The van der Waals surface area contributed by atoms with Crippen molar-refractivity contribution in [2.75, 3.05) is 13.1 Å². The summed E-state index contributed by atoms with van der Waals surface area (Å²) in [5.74, 6) is -1.62. The maximum absolute atomic E-state index is 12.0. The van der Waals surface area contributed by atoms with Crippen LogP contribution in [0.2, 0.25) is 0 Å². The quantitative estimate of drug-likeness (QED) is 0.580. The molecule has 3 N–H and O–H groups in total. The highest BCUT2D eigenvalue weighted by atomic mass is 32.2. The number of carbonyl (C=O) groups excluding carboxylic acids is 1. The van der Waals surface area contributed by atoms with Crippen molar-refractivity contribution in [3.8, 4) is 0 Å². The highest BCUT2D eigenvalue weighted by molar-refractivity contribution is 7.89. The van der Waals surface area contributed by atoms with Gasteiger partial charge < -0.3 is 10.4 Å². The van der Waals surface area contributed by atoms with Gasteiger partial charge in [-0.05, 0) is 24.1 Å². The number of sulfonamides is 1. The number of rotatable bonds is 9. The SMILES string of the molecule is C=CCNS(=O)(=O)c1cccc(C(=O)NCC(C)CC(=O)O)c1. The van der Waals surface area contributed by atoms with Crippen molar-refractivity contribution in [3.05, 3.63) is 42.5 Å². The molecule has 0 saturated carbocycles. The maximum Gasteiger partial charge on any atom is 0.303 e. The van der Waals surface area contributed by atoms with Crippen LogP contribution in [-0.2, 0) is 14.8 Å². The summed E-state index contributed by atoms with van der Waals surface area (Å²) in [7, 11) is -3.70. The molecule has 1 aromatic rings. The van der Waals surface area contributed by atoms with Crippen molar-refractivity contribution in [1.82, 2.24) is 10.0 Å². The van der Waals surface area contributed by atoms with Crippen LogP contribution in [0.1, 0.15) is 23.7 Å². The van der Waals surface area contributed by atoms with Crippen molar-refractivity contribution in [3.63, 3.8) is 0 Å². The molecule has 0 fully saturated rings. The summed E-state index contributed by atoms with van der Waals surface area (Å²) in [4.78, 5) is 22.6. The predicted octanol–water partition coefficient (Wildman–Crippen LogP) is 0.991. The normalized spacial score (nSPS) is 12.4. The fraction of sp³-hybridized carbons (Fsp3) is 0.333. The van der Waals surface area contributed by atoms with Gasteiger partial charge in [-0.2, -0.15) is 0 Å². The smallest absolute Gasteiger partial charge is 0.303 e. The Labute approximate surface area is 135 Å². The Bertz CT molecular complexity index is 685. The molecule has 0 aliphatic heterocycles. The number of hydrogen-bond donors (Lipinski definition) is 3. The molecule has 0 radical (unpaired) electrons. The van der Waals surface area contributed by atoms with Crippen LogP contribution in [0.5, 0.6) is 0 Å². The third-order valence-electron chi connectivity index (χ3n) is 2.96. The average molecular weight is 340 g/mol. The van der Waals surface area contributed by atoms with E-state index >= 15 is 0 Å². The van der Waals surface area contributed by atoms with Crippen molar-refractivity contribution < 1.29 is 23.1 Å². The number of amides is 1. The molecule has 126 valence electrons. The van der Waals surface area contributed by atoms with Crippen molar-refractivity contribution in [2.24, 2.45) is 5.92 Å². The molecular formula is C15H20N2O5S. The van der Waals surface area contributed by atoms with Crippen molar-refractivity contribution in [1.29, 1.82) is 0 Å². The maximum atomic E-state index is 12.0. The zero-order chi connectivity index (χ0) is 17.5. The van der Waals surface area contributed by atoms with Gasteiger partial charge in [0.15, 0.2) is 0 Å². The second-order valence-electron chi connectivity index (χ2n) is 5.08. The van der Waals surface area contributed by atoms with Crippen LogP contribution in [0.4, 0.5) is 0 Å². The zero-order valence-corrected chi connectivity index (χ0v) is 13.6. The molecule has 7 nitrogen and oxygen atoms in total. The van der Waals surface area contributed by atoms with Crippen LogP contribution < -0.4 is 10.0 Å². The lowest BCUT2D eigenvalue weighted by atomic mass is 10.1. The Morgan fingerprint density at radius 3 is 2.70 bits per heavy atom. The van der Waals surface area contributed by atoms with E-state index in [2.05, 4.69) is 16.6 Å². The summed E-state index contributed by atoms with van der Waals surface area (Å²) in [6, 6.07) is 5.61. The third-order valence-corrected chi connectivity index (χ3v) is 4.38. The standard InChI is InChI=1S/C15H20N2O5S/c1-3-7-17-23(21,22)13-6-4-5-12(9-13)15(20)16-10-11(2)8-14(18)19/h3-6,9,11,17H,1,7-8,10H2,2H3,(H,16,20)(H,18,19). The van der Waals surface area contributed by atoms with Gasteiger partial charge in [0, 0.05) is 25.1 Å². The topological polar surface area (TPSA) is 113 Å². The number of carboxylic acid groups (broad SMARTS) is 1. The van der Waals surface area contributed by atoms with E-state index in [1.54, 1.807) is 6.92 Å². The molecule has 0 aliphatic carbocycles. The molecule has 1 aromatic carbocycles. The van der Waals surface area contributed by atoms with Crippen LogP contribution in [0.25, 0.3) is 0 Å². The molecule has 0 aliphatic rings. The molecule has 23 heavy (non-hydrogen) atoms. The Hall–Kier alpha value is -2.19. The molecule has 0 spiro atoms. The van der Waals surface area contributed by atoms with Gasteiger partial charge in [0.2, 0.25) is 10.0 Å². The van der Waals surface area contributed by atoms with E-state index in [0.717, 1.165) is 0 Å². The van der Waals surface area contributed by atoms with Gasteiger partial charge in [0.1, 0.15) is 0 Å². The Balaban J connectivity index is 2.78. The molecule has 0 saturated heterocycles. The fourth-order valence-corrected chi connectivity index (χ4v) is 2.84. The summed E-state index contributed by atoms with van der Waals surface area (Å²) >= 11 is 0. The van der Waals surface area contributed by atoms with Gasteiger partial charge in [0.25, 0.3) is 5.91 Å². The van der Waals surface area contributed by atoms with Gasteiger partial charge in [-0.3, -0.25) is 9.59 Å². The van der Waals surface area contributed by atoms with Crippen LogP contribution in [0.15, 0.2) is 41.8 Å². The molecule has 1 amide bonds. The number of carbonyl (C=O) groups is 2. The summed E-state index contributed by atoms with van der Waals surface area (Å²) < 4.78 is 26.3.